The van der Waals surface area contributed by atoms with Gasteiger partial charge in [-0.1, -0.05) is 43.3 Å². The first-order chi connectivity index (χ1) is 18.1. The summed E-state index contributed by atoms with van der Waals surface area (Å²) in [6, 6.07) is 27.3. The van der Waals surface area contributed by atoms with E-state index >= 15 is 0 Å². The van der Waals surface area contributed by atoms with Crippen LogP contribution in [-0.2, 0) is 11.3 Å². The Labute approximate surface area is 218 Å². The maximum absolute atomic E-state index is 12.1. The summed E-state index contributed by atoms with van der Waals surface area (Å²) in [5, 5.41) is 15.7. The van der Waals surface area contributed by atoms with Crippen LogP contribution in [0.15, 0.2) is 84.9 Å². The Balaban J connectivity index is 1.23. The SMILES string of the molecule is CCCC(=O)c1ccc(Oc2ccc(C3CCNCC3OCc3cc(O)c4ccccc4c3)cc2)cc1. The molecule has 5 nitrogen and oxygen atoms in total. The number of fused-ring (bicyclic) bond motifs is 1. The summed E-state index contributed by atoms with van der Waals surface area (Å²) < 4.78 is 12.4. The van der Waals surface area contributed by atoms with Gasteiger partial charge in [-0.25, -0.2) is 0 Å². The zero-order valence-electron chi connectivity index (χ0n) is 21.2. The second kappa shape index (κ2) is 11.6. The zero-order chi connectivity index (χ0) is 25.6. The van der Waals surface area contributed by atoms with Crippen LogP contribution in [-0.4, -0.2) is 30.1 Å². The number of carbonyl (C=O) groups is 1. The summed E-state index contributed by atoms with van der Waals surface area (Å²) in [5.41, 5.74) is 2.91. The minimum atomic E-state index is 0.0299. The first-order valence-electron chi connectivity index (χ1n) is 13.0. The van der Waals surface area contributed by atoms with Gasteiger partial charge >= 0.3 is 0 Å². The van der Waals surface area contributed by atoms with Gasteiger partial charge < -0.3 is 19.9 Å². The number of carbonyl (C=O) groups excluding carboxylic acids is 1. The molecule has 4 aromatic carbocycles. The van der Waals surface area contributed by atoms with Crippen LogP contribution in [0.4, 0.5) is 0 Å². The van der Waals surface area contributed by atoms with Gasteiger partial charge in [0.15, 0.2) is 5.78 Å². The number of aromatic hydroxyl groups is 1. The van der Waals surface area contributed by atoms with Crippen LogP contribution < -0.4 is 10.1 Å². The molecule has 0 aliphatic carbocycles. The van der Waals surface area contributed by atoms with Gasteiger partial charge in [-0.05, 0) is 84.4 Å². The molecule has 0 aromatic heterocycles. The molecule has 0 saturated carbocycles. The molecule has 1 saturated heterocycles. The number of piperidine rings is 1. The van der Waals surface area contributed by atoms with Gasteiger partial charge in [0, 0.05) is 29.8 Å². The van der Waals surface area contributed by atoms with E-state index in [1.165, 1.54) is 5.56 Å². The molecule has 0 bridgehead atoms. The molecule has 2 atom stereocenters. The number of hydrogen-bond donors (Lipinski definition) is 2. The lowest BCUT2D eigenvalue weighted by atomic mass is 9.87. The quantitative estimate of drug-likeness (QED) is 0.245. The summed E-state index contributed by atoms with van der Waals surface area (Å²) in [6.07, 6.45) is 2.43. The monoisotopic (exact) mass is 495 g/mol. The third kappa shape index (κ3) is 6.01. The van der Waals surface area contributed by atoms with Crippen molar-refractivity contribution in [1.82, 2.24) is 5.32 Å². The third-order valence-corrected chi connectivity index (χ3v) is 6.99. The standard InChI is InChI=1S/C32H33NO4/c1-2-5-30(34)24-10-14-27(15-11-24)37-26-12-8-23(9-13-26)29-16-17-33-20-32(29)36-21-22-18-25-6-3-4-7-28(25)31(35)19-22/h3-4,6-15,18-19,29,32-33,35H,2,5,16-17,20-21H2,1H3. The van der Waals surface area contributed by atoms with Crippen molar-refractivity contribution < 1.29 is 19.4 Å². The van der Waals surface area contributed by atoms with E-state index in [1.807, 2.05) is 67.6 Å². The lowest BCUT2D eigenvalue weighted by Crippen LogP contribution is -2.40. The molecule has 1 fully saturated rings. The Bertz CT molecular complexity index is 1350. The van der Waals surface area contributed by atoms with Crippen LogP contribution in [0.25, 0.3) is 10.8 Å². The van der Waals surface area contributed by atoms with Crippen molar-refractivity contribution in [2.45, 2.75) is 44.8 Å². The van der Waals surface area contributed by atoms with Crippen LogP contribution in [0, 0.1) is 0 Å². The maximum Gasteiger partial charge on any atom is 0.162 e. The van der Waals surface area contributed by atoms with Crippen molar-refractivity contribution in [3.63, 3.8) is 0 Å². The number of Topliss-reactive ketones (excluding diaryl/α,β-unsaturated/α-hetero) is 1. The predicted octanol–water partition coefficient (Wildman–Crippen LogP) is 6.98. The van der Waals surface area contributed by atoms with E-state index in [1.54, 1.807) is 6.07 Å². The van der Waals surface area contributed by atoms with E-state index in [-0.39, 0.29) is 23.6 Å². The second-order valence-corrected chi connectivity index (χ2v) is 9.65. The fourth-order valence-electron chi connectivity index (χ4n) is 5.02. The van der Waals surface area contributed by atoms with Crippen molar-refractivity contribution in [2.24, 2.45) is 0 Å². The van der Waals surface area contributed by atoms with Crippen molar-refractivity contribution >= 4 is 16.6 Å². The summed E-state index contributed by atoms with van der Waals surface area (Å²) in [7, 11) is 0. The molecule has 0 spiro atoms. The van der Waals surface area contributed by atoms with Gasteiger partial charge in [0.1, 0.15) is 17.2 Å². The molecule has 2 unspecified atom stereocenters. The smallest absolute Gasteiger partial charge is 0.162 e. The number of ether oxygens (including phenoxy) is 2. The average Bonchev–Trinajstić information content (AvgIpc) is 2.93. The van der Waals surface area contributed by atoms with Crippen molar-refractivity contribution in [1.29, 1.82) is 0 Å². The van der Waals surface area contributed by atoms with Gasteiger partial charge in [0.2, 0.25) is 0 Å². The van der Waals surface area contributed by atoms with Gasteiger partial charge in [0.05, 0.1) is 12.7 Å². The van der Waals surface area contributed by atoms with E-state index in [0.29, 0.717) is 18.8 Å². The number of phenols is 1. The molecule has 1 aliphatic heterocycles. The van der Waals surface area contributed by atoms with E-state index < -0.39 is 0 Å². The van der Waals surface area contributed by atoms with E-state index in [4.69, 9.17) is 9.47 Å². The molecule has 0 radical (unpaired) electrons. The number of phenolic OH excluding ortho intramolecular Hbond substituents is 1. The molecule has 0 amide bonds. The highest BCUT2D eigenvalue weighted by atomic mass is 16.5. The summed E-state index contributed by atoms with van der Waals surface area (Å²) >= 11 is 0. The number of ketones is 1. The first-order valence-corrected chi connectivity index (χ1v) is 13.0. The van der Waals surface area contributed by atoms with E-state index in [2.05, 4.69) is 23.5 Å². The number of rotatable bonds is 9. The Morgan fingerprint density at radius 3 is 2.46 bits per heavy atom. The van der Waals surface area contributed by atoms with Gasteiger partial charge in [-0.3, -0.25) is 4.79 Å². The zero-order valence-corrected chi connectivity index (χ0v) is 21.2. The third-order valence-electron chi connectivity index (χ3n) is 6.99. The largest absolute Gasteiger partial charge is 0.507 e. The molecule has 2 N–H and O–H groups in total. The van der Waals surface area contributed by atoms with Gasteiger partial charge in [0.25, 0.3) is 0 Å². The number of benzene rings is 4. The van der Waals surface area contributed by atoms with E-state index in [0.717, 1.165) is 53.6 Å². The lowest BCUT2D eigenvalue weighted by molar-refractivity contribution is 0.0106. The molecule has 4 aromatic rings. The molecule has 1 aliphatic rings. The fourth-order valence-corrected chi connectivity index (χ4v) is 5.02. The molecule has 1 heterocycles. The predicted molar refractivity (Wildman–Crippen MR) is 147 cm³/mol. The minimum Gasteiger partial charge on any atom is -0.507 e. The van der Waals surface area contributed by atoms with Crippen LogP contribution in [0.3, 0.4) is 0 Å². The normalized spacial score (nSPS) is 17.5. The minimum absolute atomic E-state index is 0.0299. The molecular formula is C32H33NO4. The van der Waals surface area contributed by atoms with Crippen molar-refractivity contribution in [3.05, 3.63) is 102 Å². The van der Waals surface area contributed by atoms with Crippen LogP contribution >= 0.6 is 0 Å². The molecule has 5 heteroatoms. The first kappa shape index (κ1) is 25.0. The Hall–Kier alpha value is -3.67. The Kier molecular flexibility index (Phi) is 7.83. The van der Waals surface area contributed by atoms with Gasteiger partial charge in [-0.15, -0.1) is 0 Å². The highest BCUT2D eigenvalue weighted by molar-refractivity contribution is 5.96. The van der Waals surface area contributed by atoms with Crippen molar-refractivity contribution in [2.75, 3.05) is 13.1 Å². The van der Waals surface area contributed by atoms with Gasteiger partial charge in [-0.2, -0.15) is 0 Å². The summed E-state index contributed by atoms with van der Waals surface area (Å²) in [5.74, 6) is 2.19. The summed E-state index contributed by atoms with van der Waals surface area (Å²) in [6.45, 7) is 4.18. The van der Waals surface area contributed by atoms with Crippen LogP contribution in [0.1, 0.15) is 53.6 Å². The highest BCUT2D eigenvalue weighted by Gasteiger charge is 2.27. The molecule has 37 heavy (non-hydrogen) atoms. The van der Waals surface area contributed by atoms with Crippen LogP contribution in [0.5, 0.6) is 17.2 Å². The number of hydrogen-bond acceptors (Lipinski definition) is 5. The average molecular weight is 496 g/mol. The van der Waals surface area contributed by atoms with Crippen LogP contribution in [0.2, 0.25) is 0 Å². The molecular weight excluding hydrogens is 462 g/mol. The summed E-state index contributed by atoms with van der Waals surface area (Å²) in [4.78, 5) is 12.1. The number of nitrogens with one attached hydrogen (secondary N) is 1. The lowest BCUT2D eigenvalue weighted by Gasteiger charge is -2.32. The highest BCUT2D eigenvalue weighted by Crippen LogP contribution is 2.32. The van der Waals surface area contributed by atoms with Crippen molar-refractivity contribution in [3.8, 4) is 17.2 Å². The Morgan fingerprint density at radius 1 is 0.973 bits per heavy atom. The fraction of sp³-hybridized carbons (Fsp3) is 0.281. The molecule has 190 valence electrons. The Morgan fingerprint density at radius 2 is 1.70 bits per heavy atom. The van der Waals surface area contributed by atoms with E-state index in [9.17, 15) is 9.90 Å². The topological polar surface area (TPSA) is 67.8 Å². The second-order valence-electron chi connectivity index (χ2n) is 9.65. The molecule has 5 rings (SSSR count). The maximum atomic E-state index is 12.1.